The molecule has 3 nitrogen and oxygen atoms in total. The van der Waals surface area contributed by atoms with Gasteiger partial charge in [-0.05, 0) is 37.6 Å². The van der Waals surface area contributed by atoms with Gasteiger partial charge in [0.05, 0.1) is 12.2 Å². The van der Waals surface area contributed by atoms with Gasteiger partial charge in [0.25, 0.3) is 0 Å². The highest BCUT2D eigenvalue weighted by Gasteiger charge is 2.08. The minimum absolute atomic E-state index is 0.000712. The molecule has 21 heavy (non-hydrogen) atoms. The van der Waals surface area contributed by atoms with Crippen molar-refractivity contribution in [2.45, 2.75) is 13.8 Å². The van der Waals surface area contributed by atoms with Gasteiger partial charge in [-0.1, -0.05) is 17.7 Å². The lowest BCUT2D eigenvalue weighted by atomic mass is 10.1. The number of amides is 1. The predicted molar refractivity (Wildman–Crippen MR) is 79.4 cm³/mol. The Bertz CT molecular complexity index is 671. The smallest absolute Gasteiger partial charge is 0.243 e. The van der Waals surface area contributed by atoms with E-state index in [0.29, 0.717) is 0 Å². The van der Waals surface area contributed by atoms with Crippen molar-refractivity contribution < 1.29 is 13.6 Å². The van der Waals surface area contributed by atoms with E-state index in [1.807, 2.05) is 32.0 Å². The van der Waals surface area contributed by atoms with E-state index in [0.717, 1.165) is 28.9 Å². The Balaban J connectivity index is 1.96. The average Bonchev–Trinajstić information content (AvgIpc) is 2.41. The summed E-state index contributed by atoms with van der Waals surface area (Å²) < 4.78 is 26.2. The summed E-state index contributed by atoms with van der Waals surface area (Å²) >= 11 is 0. The predicted octanol–water partition coefficient (Wildman–Crippen LogP) is 3.63. The standard InChI is InChI=1S/C16H16F2N2O/c1-10-3-5-14(11(2)7-10)19-9-16(21)20-15-6-4-12(17)8-13(15)18/h3-8,19H,9H2,1-2H3,(H,20,21). The van der Waals surface area contributed by atoms with Gasteiger partial charge in [-0.15, -0.1) is 0 Å². The molecule has 0 saturated heterocycles. The van der Waals surface area contributed by atoms with Crippen molar-refractivity contribution in [2.24, 2.45) is 0 Å². The van der Waals surface area contributed by atoms with Gasteiger partial charge in [0.15, 0.2) is 0 Å². The summed E-state index contributed by atoms with van der Waals surface area (Å²) in [6.07, 6.45) is 0. The van der Waals surface area contributed by atoms with E-state index < -0.39 is 17.5 Å². The molecular weight excluding hydrogens is 274 g/mol. The number of carbonyl (C=O) groups excluding carboxylic acids is 1. The molecule has 2 rings (SSSR count). The Hall–Kier alpha value is -2.43. The van der Waals surface area contributed by atoms with Crippen molar-refractivity contribution in [3.8, 4) is 0 Å². The van der Waals surface area contributed by atoms with Crippen LogP contribution < -0.4 is 10.6 Å². The van der Waals surface area contributed by atoms with Crippen LogP contribution in [0.3, 0.4) is 0 Å². The molecule has 0 aliphatic carbocycles. The van der Waals surface area contributed by atoms with Crippen LogP contribution in [0.4, 0.5) is 20.2 Å². The summed E-state index contributed by atoms with van der Waals surface area (Å²) in [6.45, 7) is 3.92. The molecule has 0 saturated carbocycles. The van der Waals surface area contributed by atoms with Crippen LogP contribution in [0, 0.1) is 25.5 Å². The van der Waals surface area contributed by atoms with Crippen molar-refractivity contribution >= 4 is 17.3 Å². The van der Waals surface area contributed by atoms with Crippen LogP contribution in [0.25, 0.3) is 0 Å². The Morgan fingerprint density at radius 2 is 1.76 bits per heavy atom. The molecule has 0 bridgehead atoms. The Morgan fingerprint density at radius 3 is 2.43 bits per heavy atom. The van der Waals surface area contributed by atoms with Crippen LogP contribution in [0.1, 0.15) is 11.1 Å². The van der Waals surface area contributed by atoms with E-state index in [2.05, 4.69) is 10.6 Å². The molecule has 0 aliphatic heterocycles. The number of benzene rings is 2. The SMILES string of the molecule is Cc1ccc(NCC(=O)Nc2ccc(F)cc2F)c(C)c1. The summed E-state index contributed by atoms with van der Waals surface area (Å²) in [5.74, 6) is -1.88. The van der Waals surface area contributed by atoms with Gasteiger partial charge < -0.3 is 10.6 Å². The third kappa shape index (κ3) is 4.02. The van der Waals surface area contributed by atoms with Crippen LogP contribution in [-0.2, 0) is 4.79 Å². The molecule has 0 unspecified atom stereocenters. The maximum absolute atomic E-state index is 13.4. The number of hydrogen-bond donors (Lipinski definition) is 2. The Kier molecular flexibility index (Phi) is 4.52. The zero-order valence-electron chi connectivity index (χ0n) is 11.8. The van der Waals surface area contributed by atoms with E-state index in [-0.39, 0.29) is 12.2 Å². The van der Waals surface area contributed by atoms with Crippen LogP contribution >= 0.6 is 0 Å². The summed E-state index contributed by atoms with van der Waals surface area (Å²) in [6, 6.07) is 8.84. The van der Waals surface area contributed by atoms with Gasteiger partial charge in [0, 0.05) is 11.8 Å². The molecule has 5 heteroatoms. The number of carbonyl (C=O) groups is 1. The zero-order valence-corrected chi connectivity index (χ0v) is 11.8. The van der Waals surface area contributed by atoms with Gasteiger partial charge in [-0.25, -0.2) is 8.78 Å². The first-order chi connectivity index (χ1) is 9.95. The monoisotopic (exact) mass is 290 g/mol. The van der Waals surface area contributed by atoms with Crippen molar-refractivity contribution in [2.75, 3.05) is 17.2 Å². The van der Waals surface area contributed by atoms with E-state index in [1.54, 1.807) is 0 Å². The van der Waals surface area contributed by atoms with Gasteiger partial charge in [0.1, 0.15) is 11.6 Å². The van der Waals surface area contributed by atoms with Crippen molar-refractivity contribution in [1.82, 2.24) is 0 Å². The van der Waals surface area contributed by atoms with Crippen LogP contribution in [0.2, 0.25) is 0 Å². The molecule has 1 amide bonds. The fraction of sp³-hybridized carbons (Fsp3) is 0.188. The van der Waals surface area contributed by atoms with E-state index in [9.17, 15) is 13.6 Å². The first-order valence-electron chi connectivity index (χ1n) is 6.52. The highest BCUT2D eigenvalue weighted by Crippen LogP contribution is 2.17. The Labute approximate surface area is 122 Å². The third-order valence-corrected chi connectivity index (χ3v) is 3.03. The largest absolute Gasteiger partial charge is 0.376 e. The number of anilines is 2. The first kappa shape index (κ1) is 15.0. The number of rotatable bonds is 4. The fourth-order valence-corrected chi connectivity index (χ4v) is 1.97. The van der Waals surface area contributed by atoms with Gasteiger partial charge >= 0.3 is 0 Å². The highest BCUT2D eigenvalue weighted by atomic mass is 19.1. The van der Waals surface area contributed by atoms with E-state index >= 15 is 0 Å². The molecule has 0 aliphatic rings. The van der Waals surface area contributed by atoms with E-state index in [1.165, 1.54) is 6.07 Å². The van der Waals surface area contributed by atoms with Gasteiger partial charge in [-0.3, -0.25) is 4.79 Å². The molecule has 0 fully saturated rings. The first-order valence-corrected chi connectivity index (χ1v) is 6.52. The molecule has 0 radical (unpaired) electrons. The Morgan fingerprint density at radius 1 is 1.05 bits per heavy atom. The maximum atomic E-state index is 13.4. The quantitative estimate of drug-likeness (QED) is 0.902. The molecule has 2 aromatic rings. The molecule has 2 N–H and O–H groups in total. The zero-order chi connectivity index (χ0) is 15.4. The number of aryl methyl sites for hydroxylation is 2. The lowest BCUT2D eigenvalue weighted by Crippen LogP contribution is -2.22. The molecule has 0 spiro atoms. The van der Waals surface area contributed by atoms with Crippen molar-refractivity contribution in [3.05, 3.63) is 59.2 Å². The van der Waals surface area contributed by atoms with Gasteiger partial charge in [-0.2, -0.15) is 0 Å². The summed E-state index contributed by atoms with van der Waals surface area (Å²) in [7, 11) is 0. The molecule has 0 atom stereocenters. The van der Waals surface area contributed by atoms with Crippen molar-refractivity contribution in [1.29, 1.82) is 0 Å². The molecule has 110 valence electrons. The van der Waals surface area contributed by atoms with Crippen LogP contribution in [0.5, 0.6) is 0 Å². The van der Waals surface area contributed by atoms with Crippen LogP contribution in [0.15, 0.2) is 36.4 Å². The molecule has 2 aromatic carbocycles. The minimum atomic E-state index is -0.796. The fourth-order valence-electron chi connectivity index (χ4n) is 1.97. The lowest BCUT2D eigenvalue weighted by Gasteiger charge is -2.11. The normalized spacial score (nSPS) is 10.3. The second-order valence-corrected chi connectivity index (χ2v) is 4.84. The second-order valence-electron chi connectivity index (χ2n) is 4.84. The van der Waals surface area contributed by atoms with Gasteiger partial charge in [0.2, 0.25) is 5.91 Å². The lowest BCUT2D eigenvalue weighted by molar-refractivity contribution is -0.114. The third-order valence-electron chi connectivity index (χ3n) is 3.03. The summed E-state index contributed by atoms with van der Waals surface area (Å²) in [5, 5.41) is 5.38. The second kappa shape index (κ2) is 6.35. The minimum Gasteiger partial charge on any atom is -0.376 e. The van der Waals surface area contributed by atoms with E-state index in [4.69, 9.17) is 0 Å². The number of hydrogen-bond acceptors (Lipinski definition) is 2. The number of nitrogens with one attached hydrogen (secondary N) is 2. The van der Waals surface area contributed by atoms with Crippen LogP contribution in [-0.4, -0.2) is 12.5 Å². The molecule has 0 aromatic heterocycles. The summed E-state index contributed by atoms with van der Waals surface area (Å²) in [4.78, 5) is 11.8. The topological polar surface area (TPSA) is 41.1 Å². The highest BCUT2D eigenvalue weighted by molar-refractivity contribution is 5.93. The molecular formula is C16H16F2N2O. The summed E-state index contributed by atoms with van der Waals surface area (Å²) in [5.41, 5.74) is 2.96. The number of halogens is 2. The maximum Gasteiger partial charge on any atom is 0.243 e. The average molecular weight is 290 g/mol. The molecule has 0 heterocycles. The van der Waals surface area contributed by atoms with Crippen molar-refractivity contribution in [3.63, 3.8) is 0 Å².